The first-order chi connectivity index (χ1) is 9.22. The van der Waals surface area contributed by atoms with Crippen molar-refractivity contribution in [1.29, 1.82) is 0 Å². The van der Waals surface area contributed by atoms with Crippen molar-refractivity contribution >= 4 is 10.8 Å². The van der Waals surface area contributed by atoms with Crippen LogP contribution in [0, 0.1) is 5.92 Å². The van der Waals surface area contributed by atoms with Crippen molar-refractivity contribution < 1.29 is 10.1 Å². The summed E-state index contributed by atoms with van der Waals surface area (Å²) in [5.74, 6) is 1.77. The average Bonchev–Trinajstić information content (AvgIpc) is 2.43. The fraction of sp³-hybridized carbons (Fsp3) is 0.412. The molecular formula is C17H24NO+. The van der Waals surface area contributed by atoms with E-state index in [1.165, 1.54) is 29.3 Å². The summed E-state index contributed by atoms with van der Waals surface area (Å²) in [6, 6.07) is 12.7. The lowest BCUT2D eigenvalue weighted by Gasteiger charge is -2.11. The number of rotatable bonds is 6. The fourth-order valence-corrected chi connectivity index (χ4v) is 2.42. The van der Waals surface area contributed by atoms with Gasteiger partial charge >= 0.3 is 0 Å². The Bertz CT molecular complexity index is 534. The van der Waals surface area contributed by atoms with Crippen molar-refractivity contribution in [3.05, 3.63) is 42.0 Å². The van der Waals surface area contributed by atoms with E-state index in [0.717, 1.165) is 18.2 Å². The molecule has 0 saturated heterocycles. The summed E-state index contributed by atoms with van der Waals surface area (Å²) in [6.07, 6.45) is 1.26. The van der Waals surface area contributed by atoms with Gasteiger partial charge in [-0.25, -0.2) is 0 Å². The average molecular weight is 258 g/mol. The Morgan fingerprint density at radius 3 is 2.63 bits per heavy atom. The molecule has 2 rings (SSSR count). The molecule has 0 saturated carbocycles. The second kappa shape index (κ2) is 6.58. The number of methoxy groups -OCH3 is 1. The Morgan fingerprint density at radius 1 is 1.11 bits per heavy atom. The molecule has 0 radical (unpaired) electrons. The monoisotopic (exact) mass is 258 g/mol. The van der Waals surface area contributed by atoms with E-state index in [-0.39, 0.29) is 0 Å². The van der Waals surface area contributed by atoms with Crippen LogP contribution in [0.25, 0.3) is 10.8 Å². The molecule has 2 aromatic carbocycles. The molecule has 102 valence electrons. The maximum atomic E-state index is 5.51. The van der Waals surface area contributed by atoms with E-state index in [9.17, 15) is 0 Å². The van der Waals surface area contributed by atoms with Gasteiger partial charge in [0.1, 0.15) is 12.3 Å². The standard InChI is InChI=1S/C17H23NO/c1-13(2)10-11-18-12-16-15-7-5-4-6-14(15)8-9-17(16)19-3/h4-9,13,18H,10-12H2,1-3H3/p+1. The molecule has 2 heteroatoms. The van der Waals surface area contributed by atoms with Gasteiger partial charge in [0, 0.05) is 0 Å². The second-order valence-corrected chi connectivity index (χ2v) is 5.43. The molecule has 0 amide bonds. The molecule has 0 bridgehead atoms. The highest BCUT2D eigenvalue weighted by molar-refractivity contribution is 5.87. The lowest BCUT2D eigenvalue weighted by Crippen LogP contribution is -2.82. The molecule has 0 aliphatic carbocycles. The first-order valence-corrected chi connectivity index (χ1v) is 7.08. The number of fused-ring (bicyclic) bond motifs is 1. The zero-order chi connectivity index (χ0) is 13.7. The van der Waals surface area contributed by atoms with E-state index in [4.69, 9.17) is 4.74 Å². The molecule has 0 unspecified atom stereocenters. The topological polar surface area (TPSA) is 25.8 Å². The van der Waals surface area contributed by atoms with Crippen LogP contribution in [-0.4, -0.2) is 13.7 Å². The largest absolute Gasteiger partial charge is 0.496 e. The van der Waals surface area contributed by atoms with Crippen LogP contribution in [0.4, 0.5) is 0 Å². The number of nitrogens with two attached hydrogens (primary N) is 1. The highest BCUT2D eigenvalue weighted by atomic mass is 16.5. The van der Waals surface area contributed by atoms with Crippen molar-refractivity contribution in [2.24, 2.45) is 5.92 Å². The van der Waals surface area contributed by atoms with Crippen molar-refractivity contribution in [3.8, 4) is 5.75 Å². The molecular weight excluding hydrogens is 234 g/mol. The normalized spacial score (nSPS) is 11.2. The summed E-state index contributed by atoms with van der Waals surface area (Å²) in [4.78, 5) is 0. The summed E-state index contributed by atoms with van der Waals surface area (Å²) in [7, 11) is 1.75. The van der Waals surface area contributed by atoms with Gasteiger partial charge in [-0.15, -0.1) is 0 Å². The predicted molar refractivity (Wildman–Crippen MR) is 80.5 cm³/mol. The lowest BCUT2D eigenvalue weighted by molar-refractivity contribution is -0.671. The molecule has 2 aromatic rings. The SMILES string of the molecule is COc1ccc2ccccc2c1C[NH2+]CCC(C)C. The van der Waals surface area contributed by atoms with Gasteiger partial charge in [0.25, 0.3) is 0 Å². The summed E-state index contributed by atoms with van der Waals surface area (Å²) in [5.41, 5.74) is 1.31. The van der Waals surface area contributed by atoms with Crippen LogP contribution in [0.3, 0.4) is 0 Å². The molecule has 2 N–H and O–H groups in total. The summed E-state index contributed by atoms with van der Waals surface area (Å²) < 4.78 is 5.51. The number of ether oxygens (including phenoxy) is 1. The molecule has 0 aromatic heterocycles. The van der Waals surface area contributed by atoms with Crippen LogP contribution in [0.1, 0.15) is 25.8 Å². The van der Waals surface area contributed by atoms with Gasteiger partial charge in [-0.3, -0.25) is 0 Å². The third kappa shape index (κ3) is 3.48. The van der Waals surface area contributed by atoms with Gasteiger partial charge in [0.2, 0.25) is 0 Å². The zero-order valence-corrected chi connectivity index (χ0v) is 12.1. The fourth-order valence-electron chi connectivity index (χ4n) is 2.42. The Labute approximate surface area is 115 Å². The number of hydrogen-bond donors (Lipinski definition) is 1. The molecule has 19 heavy (non-hydrogen) atoms. The van der Waals surface area contributed by atoms with E-state index in [1.807, 2.05) is 0 Å². The molecule has 0 heterocycles. The van der Waals surface area contributed by atoms with Crippen LogP contribution in [0.2, 0.25) is 0 Å². The third-order valence-corrected chi connectivity index (χ3v) is 3.51. The van der Waals surface area contributed by atoms with Crippen molar-refractivity contribution in [2.75, 3.05) is 13.7 Å². The minimum atomic E-state index is 0.769. The van der Waals surface area contributed by atoms with Crippen molar-refractivity contribution in [1.82, 2.24) is 0 Å². The van der Waals surface area contributed by atoms with E-state index >= 15 is 0 Å². The Balaban J connectivity index is 2.19. The van der Waals surface area contributed by atoms with Gasteiger partial charge in [-0.2, -0.15) is 0 Å². The highest BCUT2D eigenvalue weighted by Gasteiger charge is 2.09. The molecule has 0 aliphatic heterocycles. The summed E-state index contributed by atoms with van der Waals surface area (Å²) >= 11 is 0. The smallest absolute Gasteiger partial charge is 0.128 e. The van der Waals surface area contributed by atoms with Crippen LogP contribution in [0.5, 0.6) is 5.75 Å². The van der Waals surface area contributed by atoms with E-state index in [2.05, 4.69) is 55.6 Å². The van der Waals surface area contributed by atoms with Crippen molar-refractivity contribution in [3.63, 3.8) is 0 Å². The Kier molecular flexibility index (Phi) is 4.80. The predicted octanol–water partition coefficient (Wildman–Crippen LogP) is 2.96. The van der Waals surface area contributed by atoms with Gasteiger partial charge < -0.3 is 10.1 Å². The molecule has 0 atom stereocenters. The number of quaternary nitrogens is 1. The van der Waals surface area contributed by atoms with Gasteiger partial charge in [0.15, 0.2) is 0 Å². The van der Waals surface area contributed by atoms with Gasteiger partial charge in [0.05, 0.1) is 19.2 Å². The second-order valence-electron chi connectivity index (χ2n) is 5.43. The maximum Gasteiger partial charge on any atom is 0.128 e. The van der Waals surface area contributed by atoms with E-state index in [1.54, 1.807) is 7.11 Å². The summed E-state index contributed by atoms with van der Waals surface area (Å²) in [6.45, 7) is 6.69. The van der Waals surface area contributed by atoms with E-state index < -0.39 is 0 Å². The van der Waals surface area contributed by atoms with E-state index in [0.29, 0.717) is 0 Å². The zero-order valence-electron chi connectivity index (χ0n) is 12.1. The van der Waals surface area contributed by atoms with Crippen LogP contribution >= 0.6 is 0 Å². The summed E-state index contributed by atoms with van der Waals surface area (Å²) in [5, 5.41) is 4.97. The molecule has 0 spiro atoms. The highest BCUT2D eigenvalue weighted by Crippen LogP contribution is 2.26. The molecule has 2 nitrogen and oxygen atoms in total. The van der Waals surface area contributed by atoms with Crippen LogP contribution in [-0.2, 0) is 6.54 Å². The Hall–Kier alpha value is -1.54. The maximum absolute atomic E-state index is 5.51. The first-order valence-electron chi connectivity index (χ1n) is 7.08. The quantitative estimate of drug-likeness (QED) is 0.792. The minimum Gasteiger partial charge on any atom is -0.496 e. The van der Waals surface area contributed by atoms with Crippen LogP contribution < -0.4 is 10.1 Å². The Morgan fingerprint density at radius 2 is 1.89 bits per heavy atom. The number of hydrogen-bond acceptors (Lipinski definition) is 1. The van der Waals surface area contributed by atoms with Crippen molar-refractivity contribution in [2.45, 2.75) is 26.8 Å². The van der Waals surface area contributed by atoms with Gasteiger partial charge in [-0.1, -0.05) is 44.2 Å². The molecule has 0 aliphatic rings. The van der Waals surface area contributed by atoms with Crippen LogP contribution in [0.15, 0.2) is 36.4 Å². The third-order valence-electron chi connectivity index (χ3n) is 3.51. The lowest BCUT2D eigenvalue weighted by atomic mass is 10.0. The number of benzene rings is 2. The molecule has 0 fully saturated rings. The first kappa shape index (κ1) is 13.9. The minimum absolute atomic E-state index is 0.769. The van der Waals surface area contributed by atoms with Gasteiger partial charge in [-0.05, 0) is 29.2 Å².